The zero-order chi connectivity index (χ0) is 14.5. The Balaban J connectivity index is 2.04. The highest BCUT2D eigenvalue weighted by Crippen LogP contribution is 2.13. The van der Waals surface area contributed by atoms with E-state index in [0.717, 1.165) is 17.3 Å². The lowest BCUT2D eigenvalue weighted by Gasteiger charge is -2.17. The molecule has 1 amide bonds. The van der Waals surface area contributed by atoms with Gasteiger partial charge in [-0.3, -0.25) is 9.78 Å². The van der Waals surface area contributed by atoms with Crippen molar-refractivity contribution in [2.45, 2.75) is 26.4 Å². The van der Waals surface area contributed by atoms with Crippen LogP contribution in [-0.2, 0) is 0 Å². The largest absolute Gasteiger partial charge is 0.391 e. The molecule has 2 atom stereocenters. The van der Waals surface area contributed by atoms with Gasteiger partial charge in [-0.2, -0.15) is 0 Å². The van der Waals surface area contributed by atoms with E-state index in [2.05, 4.69) is 10.3 Å². The number of pyridine rings is 1. The van der Waals surface area contributed by atoms with Crippen molar-refractivity contribution < 1.29 is 9.90 Å². The Kier molecular flexibility index (Phi) is 4.69. The Morgan fingerprint density at radius 2 is 2.20 bits per heavy atom. The van der Waals surface area contributed by atoms with Crippen LogP contribution >= 0.6 is 0 Å². The molecule has 2 aromatic rings. The lowest BCUT2D eigenvalue weighted by Crippen LogP contribution is -2.35. The zero-order valence-electron chi connectivity index (χ0n) is 11.8. The third-order valence-electron chi connectivity index (χ3n) is 3.64. The lowest BCUT2D eigenvalue weighted by molar-refractivity contribution is 0.0850. The van der Waals surface area contributed by atoms with Crippen LogP contribution in [0.5, 0.6) is 0 Å². The Hall–Kier alpha value is -1.94. The third-order valence-corrected chi connectivity index (χ3v) is 3.64. The van der Waals surface area contributed by atoms with Crippen LogP contribution in [0, 0.1) is 5.92 Å². The Morgan fingerprint density at radius 1 is 1.40 bits per heavy atom. The van der Waals surface area contributed by atoms with E-state index in [0.29, 0.717) is 5.56 Å². The van der Waals surface area contributed by atoms with E-state index in [4.69, 9.17) is 0 Å². The molecule has 0 aliphatic carbocycles. The van der Waals surface area contributed by atoms with Gasteiger partial charge in [0.25, 0.3) is 5.91 Å². The van der Waals surface area contributed by atoms with Crippen LogP contribution in [0.4, 0.5) is 0 Å². The van der Waals surface area contributed by atoms with Gasteiger partial charge in [0.05, 0.1) is 11.6 Å². The standard InChI is InChI=1S/C16H20N2O2/c1-3-11(2)15(19)10-18-16(20)13-6-7-14-12(9-13)5-4-8-17-14/h4-9,11,15,19H,3,10H2,1-2H3,(H,18,20). The first-order chi connectivity index (χ1) is 9.61. The van der Waals surface area contributed by atoms with Gasteiger partial charge in [0.1, 0.15) is 0 Å². The molecule has 106 valence electrons. The average Bonchev–Trinajstić information content (AvgIpc) is 2.50. The summed E-state index contributed by atoms with van der Waals surface area (Å²) < 4.78 is 0. The number of hydrogen-bond acceptors (Lipinski definition) is 3. The fraction of sp³-hybridized carbons (Fsp3) is 0.375. The molecule has 0 saturated heterocycles. The van der Waals surface area contributed by atoms with E-state index in [1.54, 1.807) is 12.3 Å². The quantitative estimate of drug-likeness (QED) is 0.878. The molecule has 2 unspecified atom stereocenters. The molecular formula is C16H20N2O2. The summed E-state index contributed by atoms with van der Waals surface area (Å²) in [5.74, 6) is 0.00853. The molecule has 0 spiro atoms. The molecular weight excluding hydrogens is 252 g/mol. The van der Waals surface area contributed by atoms with E-state index >= 15 is 0 Å². The molecule has 0 fully saturated rings. The summed E-state index contributed by atoms with van der Waals surface area (Å²) in [5.41, 5.74) is 1.45. The topological polar surface area (TPSA) is 62.2 Å². The van der Waals surface area contributed by atoms with Crippen LogP contribution in [-0.4, -0.2) is 28.6 Å². The van der Waals surface area contributed by atoms with Crippen LogP contribution < -0.4 is 5.32 Å². The van der Waals surface area contributed by atoms with E-state index in [-0.39, 0.29) is 18.4 Å². The van der Waals surface area contributed by atoms with Gasteiger partial charge in [-0.1, -0.05) is 26.3 Å². The second-order valence-electron chi connectivity index (χ2n) is 5.07. The molecule has 0 aliphatic rings. The average molecular weight is 272 g/mol. The summed E-state index contributed by atoms with van der Waals surface area (Å²) in [7, 11) is 0. The normalized spacial score (nSPS) is 13.9. The number of rotatable bonds is 5. The summed E-state index contributed by atoms with van der Waals surface area (Å²) in [5, 5.41) is 13.6. The second-order valence-corrected chi connectivity index (χ2v) is 5.07. The zero-order valence-corrected chi connectivity index (χ0v) is 11.8. The number of amides is 1. The predicted octanol–water partition coefficient (Wildman–Crippen LogP) is 2.37. The van der Waals surface area contributed by atoms with E-state index < -0.39 is 6.10 Å². The van der Waals surface area contributed by atoms with Crippen molar-refractivity contribution in [1.82, 2.24) is 10.3 Å². The summed E-state index contributed by atoms with van der Waals surface area (Å²) >= 11 is 0. The Labute approximate surface area is 118 Å². The molecule has 2 rings (SSSR count). The van der Waals surface area contributed by atoms with Crippen molar-refractivity contribution >= 4 is 16.8 Å². The smallest absolute Gasteiger partial charge is 0.251 e. The molecule has 0 radical (unpaired) electrons. The van der Waals surface area contributed by atoms with E-state index in [1.807, 2.05) is 38.1 Å². The molecule has 0 aliphatic heterocycles. The number of carbonyl (C=O) groups is 1. The van der Waals surface area contributed by atoms with Crippen LogP contribution in [0.3, 0.4) is 0 Å². The summed E-state index contributed by atoms with van der Waals surface area (Å²) in [4.78, 5) is 16.3. The van der Waals surface area contributed by atoms with Crippen molar-refractivity contribution in [3.63, 3.8) is 0 Å². The molecule has 20 heavy (non-hydrogen) atoms. The van der Waals surface area contributed by atoms with Crippen LogP contribution in [0.15, 0.2) is 36.5 Å². The van der Waals surface area contributed by atoms with E-state index in [9.17, 15) is 9.90 Å². The number of nitrogens with one attached hydrogen (secondary N) is 1. The number of aliphatic hydroxyl groups excluding tert-OH is 1. The molecule has 1 aromatic heterocycles. The number of benzene rings is 1. The predicted molar refractivity (Wildman–Crippen MR) is 79.5 cm³/mol. The summed E-state index contributed by atoms with van der Waals surface area (Å²) in [6.07, 6.45) is 2.11. The van der Waals surface area contributed by atoms with Gasteiger partial charge in [-0.15, -0.1) is 0 Å². The SMILES string of the molecule is CCC(C)C(O)CNC(=O)c1ccc2ncccc2c1. The minimum Gasteiger partial charge on any atom is -0.391 e. The number of nitrogens with zero attached hydrogens (tertiary/aromatic N) is 1. The van der Waals surface area contributed by atoms with Crippen molar-refractivity contribution in [2.24, 2.45) is 5.92 Å². The van der Waals surface area contributed by atoms with Crippen molar-refractivity contribution in [3.8, 4) is 0 Å². The highest BCUT2D eigenvalue weighted by atomic mass is 16.3. The summed E-state index contributed by atoms with van der Waals surface area (Å²) in [6, 6.07) is 9.16. The number of aromatic nitrogens is 1. The molecule has 1 aromatic carbocycles. The maximum absolute atomic E-state index is 12.1. The van der Waals surface area contributed by atoms with Gasteiger partial charge in [-0.05, 0) is 30.2 Å². The van der Waals surface area contributed by atoms with Gasteiger partial charge in [0.2, 0.25) is 0 Å². The van der Waals surface area contributed by atoms with Gasteiger partial charge >= 0.3 is 0 Å². The van der Waals surface area contributed by atoms with Crippen LogP contribution in [0.1, 0.15) is 30.6 Å². The number of carbonyl (C=O) groups excluding carboxylic acids is 1. The van der Waals surface area contributed by atoms with Crippen molar-refractivity contribution in [1.29, 1.82) is 0 Å². The van der Waals surface area contributed by atoms with Gasteiger partial charge in [-0.25, -0.2) is 0 Å². The molecule has 1 heterocycles. The van der Waals surface area contributed by atoms with Gasteiger partial charge in [0.15, 0.2) is 0 Å². The Bertz CT molecular complexity index is 598. The summed E-state index contributed by atoms with van der Waals surface area (Å²) in [6.45, 7) is 4.27. The van der Waals surface area contributed by atoms with Crippen LogP contribution in [0.2, 0.25) is 0 Å². The molecule has 2 N–H and O–H groups in total. The van der Waals surface area contributed by atoms with Crippen molar-refractivity contribution in [3.05, 3.63) is 42.1 Å². The first-order valence-corrected chi connectivity index (χ1v) is 6.93. The van der Waals surface area contributed by atoms with Gasteiger partial charge in [0, 0.05) is 23.7 Å². The maximum atomic E-state index is 12.1. The highest BCUT2D eigenvalue weighted by molar-refractivity contribution is 5.97. The first-order valence-electron chi connectivity index (χ1n) is 6.93. The lowest BCUT2D eigenvalue weighted by atomic mass is 10.0. The fourth-order valence-electron chi connectivity index (χ4n) is 1.99. The number of hydrogen-bond donors (Lipinski definition) is 2. The number of fused-ring (bicyclic) bond motifs is 1. The fourth-order valence-corrected chi connectivity index (χ4v) is 1.99. The van der Waals surface area contributed by atoms with Gasteiger partial charge < -0.3 is 10.4 Å². The second kappa shape index (κ2) is 6.48. The maximum Gasteiger partial charge on any atom is 0.251 e. The Morgan fingerprint density at radius 3 is 2.95 bits per heavy atom. The molecule has 0 bridgehead atoms. The number of aliphatic hydroxyl groups is 1. The first kappa shape index (κ1) is 14.5. The minimum absolute atomic E-state index is 0.168. The molecule has 4 nitrogen and oxygen atoms in total. The van der Waals surface area contributed by atoms with Crippen LogP contribution in [0.25, 0.3) is 10.9 Å². The third kappa shape index (κ3) is 3.33. The minimum atomic E-state index is -0.508. The monoisotopic (exact) mass is 272 g/mol. The highest BCUT2D eigenvalue weighted by Gasteiger charge is 2.14. The van der Waals surface area contributed by atoms with E-state index in [1.165, 1.54) is 0 Å². The molecule has 4 heteroatoms. The molecule has 0 saturated carbocycles. The van der Waals surface area contributed by atoms with Crippen molar-refractivity contribution in [2.75, 3.05) is 6.54 Å².